The number of aryl methyl sites for hydroxylation is 1. The molecule has 0 spiro atoms. The van der Waals surface area contributed by atoms with Gasteiger partial charge in [0.25, 0.3) is 15.9 Å². The van der Waals surface area contributed by atoms with E-state index in [1.165, 1.54) is 12.1 Å². The van der Waals surface area contributed by atoms with E-state index in [1.54, 1.807) is 24.3 Å². The number of benzene rings is 2. The summed E-state index contributed by atoms with van der Waals surface area (Å²) in [5, 5.41) is 2.73. The molecular formula is C18H24ClN3O3S. The Hall–Kier alpha value is -2.09. The number of anilines is 1. The maximum atomic E-state index is 12.5. The number of rotatable bonds is 7. The van der Waals surface area contributed by atoms with Crippen LogP contribution in [0.4, 0.5) is 5.69 Å². The lowest BCUT2D eigenvalue weighted by Gasteiger charge is -2.10. The third kappa shape index (κ3) is 6.33. The zero-order chi connectivity index (χ0) is 18.4. The molecule has 0 aliphatic rings. The summed E-state index contributed by atoms with van der Waals surface area (Å²) >= 11 is 0. The Kier molecular flexibility index (Phi) is 8.08. The first-order chi connectivity index (χ1) is 11.8. The number of halogens is 1. The summed E-state index contributed by atoms with van der Waals surface area (Å²) in [4.78, 5) is 12.2. The van der Waals surface area contributed by atoms with Gasteiger partial charge in [0, 0.05) is 23.8 Å². The van der Waals surface area contributed by atoms with Gasteiger partial charge in [-0.3, -0.25) is 9.52 Å². The third-order valence-corrected chi connectivity index (χ3v) is 4.97. The van der Waals surface area contributed by atoms with Crippen molar-refractivity contribution in [1.82, 2.24) is 5.32 Å². The van der Waals surface area contributed by atoms with Crippen molar-refractivity contribution in [3.05, 3.63) is 59.7 Å². The predicted octanol–water partition coefficient (Wildman–Crippen LogP) is 2.68. The van der Waals surface area contributed by atoms with Crippen LogP contribution in [0, 0.1) is 6.92 Å². The number of nitrogens with two attached hydrogens (primary N) is 1. The molecule has 1 amide bonds. The first-order valence-corrected chi connectivity index (χ1v) is 9.49. The highest BCUT2D eigenvalue weighted by Gasteiger charge is 2.16. The van der Waals surface area contributed by atoms with Crippen LogP contribution in [0.15, 0.2) is 53.4 Å². The van der Waals surface area contributed by atoms with Gasteiger partial charge in [-0.05, 0) is 50.6 Å². The molecule has 1 unspecified atom stereocenters. The van der Waals surface area contributed by atoms with Crippen molar-refractivity contribution in [2.24, 2.45) is 5.73 Å². The molecule has 0 heterocycles. The van der Waals surface area contributed by atoms with Crippen molar-refractivity contribution in [1.29, 1.82) is 0 Å². The summed E-state index contributed by atoms with van der Waals surface area (Å²) < 4.78 is 27.5. The fourth-order valence-electron chi connectivity index (χ4n) is 2.16. The summed E-state index contributed by atoms with van der Waals surface area (Å²) in [6.45, 7) is 4.22. The van der Waals surface area contributed by atoms with Crippen molar-refractivity contribution >= 4 is 34.0 Å². The van der Waals surface area contributed by atoms with E-state index in [9.17, 15) is 13.2 Å². The molecule has 0 bridgehead atoms. The summed E-state index contributed by atoms with van der Waals surface area (Å²) in [5.74, 6) is -0.326. The second-order valence-corrected chi connectivity index (χ2v) is 7.70. The van der Waals surface area contributed by atoms with Crippen LogP contribution in [-0.4, -0.2) is 26.9 Å². The lowest BCUT2D eigenvalue weighted by atomic mass is 10.2. The summed E-state index contributed by atoms with van der Waals surface area (Å²) in [5.41, 5.74) is 7.44. The van der Waals surface area contributed by atoms with Crippen LogP contribution < -0.4 is 15.8 Å². The number of hydrogen-bond acceptors (Lipinski definition) is 4. The van der Waals surface area contributed by atoms with Gasteiger partial charge < -0.3 is 11.1 Å². The van der Waals surface area contributed by atoms with Gasteiger partial charge in [-0.1, -0.05) is 23.8 Å². The summed E-state index contributed by atoms with van der Waals surface area (Å²) in [6.07, 6.45) is 0.651. The topological polar surface area (TPSA) is 101 Å². The molecule has 0 fully saturated rings. The largest absolute Gasteiger partial charge is 0.352 e. The molecule has 0 saturated heterocycles. The molecule has 0 aliphatic carbocycles. The Bertz CT molecular complexity index is 837. The Morgan fingerprint density at radius 3 is 2.42 bits per heavy atom. The van der Waals surface area contributed by atoms with Gasteiger partial charge in [-0.2, -0.15) is 0 Å². The molecule has 142 valence electrons. The van der Waals surface area contributed by atoms with Crippen molar-refractivity contribution < 1.29 is 13.2 Å². The molecule has 2 rings (SSSR count). The van der Waals surface area contributed by atoms with Gasteiger partial charge in [-0.15, -0.1) is 12.4 Å². The van der Waals surface area contributed by atoms with Gasteiger partial charge >= 0.3 is 0 Å². The minimum Gasteiger partial charge on any atom is -0.352 e. The number of sulfonamides is 1. The van der Waals surface area contributed by atoms with E-state index in [0.29, 0.717) is 18.7 Å². The quantitative estimate of drug-likeness (QED) is 0.668. The zero-order valence-electron chi connectivity index (χ0n) is 14.7. The number of carbonyl (C=O) groups is 1. The van der Waals surface area contributed by atoms with Gasteiger partial charge in [0.15, 0.2) is 0 Å². The van der Waals surface area contributed by atoms with E-state index in [2.05, 4.69) is 10.0 Å². The van der Waals surface area contributed by atoms with Crippen molar-refractivity contribution in [3.63, 3.8) is 0 Å². The molecular weight excluding hydrogens is 374 g/mol. The SMILES string of the molecule is Cc1ccc(NS(=O)(=O)c2cccc(C(=O)NCCC(C)N)c2)cc1.Cl. The Morgan fingerprint density at radius 1 is 1.15 bits per heavy atom. The fraction of sp³-hybridized carbons (Fsp3) is 0.278. The monoisotopic (exact) mass is 397 g/mol. The maximum Gasteiger partial charge on any atom is 0.261 e. The fourth-order valence-corrected chi connectivity index (χ4v) is 3.26. The summed E-state index contributed by atoms with van der Waals surface area (Å²) in [6, 6.07) is 12.9. The van der Waals surface area contributed by atoms with Gasteiger partial charge in [0.1, 0.15) is 0 Å². The number of hydrogen-bond donors (Lipinski definition) is 3. The average Bonchev–Trinajstić information content (AvgIpc) is 2.56. The molecule has 0 radical (unpaired) electrons. The second kappa shape index (κ2) is 9.56. The Morgan fingerprint density at radius 2 is 1.81 bits per heavy atom. The molecule has 0 aliphatic heterocycles. The van der Waals surface area contributed by atoms with Crippen LogP contribution in [0.25, 0.3) is 0 Å². The maximum absolute atomic E-state index is 12.5. The van der Waals surface area contributed by atoms with Gasteiger partial charge in [-0.25, -0.2) is 8.42 Å². The first kappa shape index (κ1) is 22.0. The van der Waals surface area contributed by atoms with Crippen LogP contribution >= 0.6 is 12.4 Å². The van der Waals surface area contributed by atoms with Crippen LogP contribution in [-0.2, 0) is 10.0 Å². The molecule has 1 atom stereocenters. The van der Waals surface area contributed by atoms with Crippen LogP contribution in [0.5, 0.6) is 0 Å². The van der Waals surface area contributed by atoms with Crippen molar-refractivity contribution in [2.45, 2.75) is 31.2 Å². The van der Waals surface area contributed by atoms with E-state index in [4.69, 9.17) is 5.73 Å². The predicted molar refractivity (Wildman–Crippen MR) is 106 cm³/mol. The highest BCUT2D eigenvalue weighted by atomic mass is 35.5. The molecule has 8 heteroatoms. The van der Waals surface area contributed by atoms with E-state index in [0.717, 1.165) is 5.56 Å². The second-order valence-electron chi connectivity index (χ2n) is 6.02. The number of amides is 1. The van der Waals surface area contributed by atoms with E-state index < -0.39 is 10.0 Å². The highest BCUT2D eigenvalue weighted by Crippen LogP contribution is 2.17. The zero-order valence-corrected chi connectivity index (χ0v) is 16.4. The molecule has 2 aromatic carbocycles. The van der Waals surface area contributed by atoms with Crippen molar-refractivity contribution in [2.75, 3.05) is 11.3 Å². The molecule has 0 aromatic heterocycles. The first-order valence-electron chi connectivity index (χ1n) is 8.01. The van der Waals surface area contributed by atoms with Gasteiger partial charge in [0.2, 0.25) is 0 Å². The lowest BCUT2D eigenvalue weighted by molar-refractivity contribution is 0.0952. The number of carbonyl (C=O) groups excluding carboxylic acids is 1. The molecule has 0 saturated carbocycles. The molecule has 26 heavy (non-hydrogen) atoms. The molecule has 2 aromatic rings. The Balaban J connectivity index is 0.00000338. The normalized spacial score (nSPS) is 12.0. The smallest absolute Gasteiger partial charge is 0.261 e. The highest BCUT2D eigenvalue weighted by molar-refractivity contribution is 7.92. The third-order valence-electron chi connectivity index (χ3n) is 3.60. The van der Waals surface area contributed by atoms with E-state index >= 15 is 0 Å². The minimum absolute atomic E-state index is 0. The van der Waals surface area contributed by atoms with E-state index in [-0.39, 0.29) is 34.8 Å². The lowest BCUT2D eigenvalue weighted by Crippen LogP contribution is -2.29. The van der Waals surface area contributed by atoms with E-state index in [1.807, 2.05) is 26.0 Å². The number of nitrogens with one attached hydrogen (secondary N) is 2. The Labute approximate surface area is 160 Å². The van der Waals surface area contributed by atoms with Crippen LogP contribution in [0.3, 0.4) is 0 Å². The average molecular weight is 398 g/mol. The van der Waals surface area contributed by atoms with Crippen LogP contribution in [0.1, 0.15) is 29.3 Å². The standard InChI is InChI=1S/C18H23N3O3S.ClH/c1-13-6-8-16(9-7-13)21-25(23,24)17-5-3-4-15(12-17)18(22)20-11-10-14(2)19;/h3-9,12,14,21H,10-11,19H2,1-2H3,(H,20,22);1H. The van der Waals surface area contributed by atoms with Crippen LogP contribution in [0.2, 0.25) is 0 Å². The van der Waals surface area contributed by atoms with Gasteiger partial charge in [0.05, 0.1) is 4.90 Å². The minimum atomic E-state index is -3.77. The summed E-state index contributed by atoms with van der Waals surface area (Å²) in [7, 11) is -3.77. The molecule has 6 nitrogen and oxygen atoms in total. The van der Waals surface area contributed by atoms with Crippen molar-refractivity contribution in [3.8, 4) is 0 Å². The molecule has 4 N–H and O–H groups in total.